The first kappa shape index (κ1) is 15.9. The molecule has 0 spiro atoms. The van der Waals surface area contributed by atoms with Gasteiger partial charge in [-0.3, -0.25) is 4.90 Å². The molecule has 108 valence electrons. The zero-order valence-corrected chi connectivity index (χ0v) is 13.0. The molecule has 4 nitrogen and oxygen atoms in total. The fraction of sp³-hybridized carbons (Fsp3) is 1.00. The topological polar surface area (TPSA) is 49.4 Å². The average molecular weight is 276 g/mol. The maximum Gasteiger partial charge on any atom is 0.148 e. The molecule has 1 aliphatic carbocycles. The van der Waals surface area contributed by atoms with Crippen LogP contribution in [0.25, 0.3) is 0 Å². The predicted molar refractivity (Wildman–Crippen MR) is 76.7 cm³/mol. The Morgan fingerprint density at radius 2 is 1.89 bits per heavy atom. The minimum Gasteiger partial charge on any atom is -0.311 e. The Morgan fingerprint density at radius 1 is 1.33 bits per heavy atom. The zero-order chi connectivity index (χ0) is 13.8. The Labute approximate surface area is 112 Å². The Balaban J connectivity index is 2.53. The molecule has 1 atom stereocenters. The molecule has 1 fully saturated rings. The Hall–Kier alpha value is -0.130. The van der Waals surface area contributed by atoms with E-state index in [4.69, 9.17) is 0 Å². The van der Waals surface area contributed by atoms with Gasteiger partial charge in [-0.25, -0.2) is 8.42 Å². The lowest BCUT2D eigenvalue weighted by Gasteiger charge is -2.39. The number of nitrogens with zero attached hydrogens (tertiary/aromatic N) is 1. The molecule has 1 saturated carbocycles. The highest BCUT2D eigenvalue weighted by Crippen LogP contribution is 2.33. The molecule has 0 aromatic carbocycles. The minimum atomic E-state index is -2.89. The Kier molecular flexibility index (Phi) is 5.62. The lowest BCUT2D eigenvalue weighted by Crippen LogP contribution is -2.53. The molecule has 18 heavy (non-hydrogen) atoms. The van der Waals surface area contributed by atoms with Crippen LogP contribution in [0.5, 0.6) is 0 Å². The van der Waals surface area contributed by atoms with E-state index in [2.05, 4.69) is 24.2 Å². The van der Waals surface area contributed by atoms with Crippen LogP contribution in [-0.2, 0) is 9.84 Å². The summed E-state index contributed by atoms with van der Waals surface area (Å²) in [5.41, 5.74) is 0.237. The summed E-state index contributed by atoms with van der Waals surface area (Å²) >= 11 is 0. The standard InChI is InChI=1S/C13H28N2O2S/c1-5-15(3)13(8-6-7-9-13)11-14-12(2)10-18(4,16)17/h12,14H,5-11H2,1-4H3. The molecule has 1 N–H and O–H groups in total. The van der Waals surface area contributed by atoms with Crippen LogP contribution < -0.4 is 5.32 Å². The third-order valence-corrected chi connectivity index (χ3v) is 5.26. The second-order valence-electron chi connectivity index (χ2n) is 5.82. The van der Waals surface area contributed by atoms with Gasteiger partial charge < -0.3 is 5.32 Å². The lowest BCUT2D eigenvalue weighted by atomic mass is 9.95. The summed E-state index contributed by atoms with van der Waals surface area (Å²) in [7, 11) is -0.716. The van der Waals surface area contributed by atoms with Gasteiger partial charge in [0.25, 0.3) is 0 Å². The summed E-state index contributed by atoms with van der Waals surface area (Å²) in [5, 5.41) is 3.42. The number of sulfone groups is 1. The maximum absolute atomic E-state index is 11.3. The molecule has 0 heterocycles. The fourth-order valence-corrected chi connectivity index (χ4v) is 3.97. The minimum absolute atomic E-state index is 0.0303. The predicted octanol–water partition coefficient (Wildman–Crippen LogP) is 1.27. The van der Waals surface area contributed by atoms with Crippen LogP contribution in [0.15, 0.2) is 0 Å². The third kappa shape index (κ3) is 4.52. The monoisotopic (exact) mass is 276 g/mol. The summed E-state index contributed by atoms with van der Waals surface area (Å²) in [6.07, 6.45) is 6.31. The van der Waals surface area contributed by atoms with Crippen LogP contribution in [-0.4, -0.2) is 57.0 Å². The largest absolute Gasteiger partial charge is 0.311 e. The van der Waals surface area contributed by atoms with E-state index < -0.39 is 9.84 Å². The maximum atomic E-state index is 11.3. The van der Waals surface area contributed by atoms with Gasteiger partial charge in [-0.2, -0.15) is 0 Å². The second-order valence-corrected chi connectivity index (χ2v) is 8.00. The average Bonchev–Trinajstić information content (AvgIpc) is 2.73. The third-order valence-electron chi connectivity index (χ3n) is 4.15. The molecule has 1 aliphatic rings. The van der Waals surface area contributed by atoms with Crippen molar-refractivity contribution < 1.29 is 8.42 Å². The van der Waals surface area contributed by atoms with Crippen LogP contribution in [0.4, 0.5) is 0 Å². The van der Waals surface area contributed by atoms with Gasteiger partial charge in [-0.15, -0.1) is 0 Å². The highest BCUT2D eigenvalue weighted by molar-refractivity contribution is 7.90. The van der Waals surface area contributed by atoms with E-state index in [0.717, 1.165) is 13.1 Å². The van der Waals surface area contributed by atoms with Crippen molar-refractivity contribution in [3.63, 3.8) is 0 Å². The first-order valence-electron chi connectivity index (χ1n) is 6.91. The van der Waals surface area contributed by atoms with Crippen molar-refractivity contribution in [1.29, 1.82) is 0 Å². The number of hydrogen-bond acceptors (Lipinski definition) is 4. The highest BCUT2D eigenvalue weighted by atomic mass is 32.2. The van der Waals surface area contributed by atoms with Gasteiger partial charge in [0.05, 0.1) is 5.75 Å². The van der Waals surface area contributed by atoms with Gasteiger partial charge in [0.1, 0.15) is 9.84 Å². The van der Waals surface area contributed by atoms with E-state index in [1.807, 2.05) is 6.92 Å². The Morgan fingerprint density at radius 3 is 2.33 bits per heavy atom. The van der Waals surface area contributed by atoms with Gasteiger partial charge in [0.15, 0.2) is 0 Å². The summed E-state index contributed by atoms with van der Waals surface area (Å²) in [4.78, 5) is 2.42. The van der Waals surface area contributed by atoms with Crippen LogP contribution in [0.2, 0.25) is 0 Å². The van der Waals surface area contributed by atoms with Crippen molar-refractivity contribution in [2.45, 2.75) is 51.1 Å². The van der Waals surface area contributed by atoms with E-state index in [9.17, 15) is 8.42 Å². The van der Waals surface area contributed by atoms with Gasteiger partial charge in [-0.1, -0.05) is 19.8 Å². The number of rotatable bonds is 7. The summed E-state index contributed by atoms with van der Waals surface area (Å²) in [6.45, 7) is 6.08. The van der Waals surface area contributed by atoms with Crippen LogP contribution in [0.3, 0.4) is 0 Å². The zero-order valence-electron chi connectivity index (χ0n) is 12.2. The molecule has 5 heteroatoms. The van der Waals surface area contributed by atoms with Crippen molar-refractivity contribution in [3.8, 4) is 0 Å². The number of hydrogen-bond donors (Lipinski definition) is 1. The normalized spacial score (nSPS) is 21.4. The first-order chi connectivity index (χ1) is 8.29. The SMILES string of the molecule is CCN(C)C1(CNC(C)CS(C)(=O)=O)CCCC1. The van der Waals surface area contributed by atoms with Crippen LogP contribution >= 0.6 is 0 Å². The smallest absolute Gasteiger partial charge is 0.148 e. The molecule has 0 aliphatic heterocycles. The van der Waals surface area contributed by atoms with Crippen molar-refractivity contribution in [1.82, 2.24) is 10.2 Å². The molecular weight excluding hydrogens is 248 g/mol. The summed E-state index contributed by atoms with van der Waals surface area (Å²) < 4.78 is 22.5. The molecule has 1 unspecified atom stereocenters. The number of likely N-dealkylation sites (N-methyl/N-ethyl adjacent to an activating group) is 1. The van der Waals surface area contributed by atoms with Gasteiger partial charge in [-0.05, 0) is 33.4 Å². The highest BCUT2D eigenvalue weighted by Gasteiger charge is 2.36. The van der Waals surface area contributed by atoms with E-state index in [0.29, 0.717) is 0 Å². The molecule has 0 saturated heterocycles. The van der Waals surface area contributed by atoms with Gasteiger partial charge >= 0.3 is 0 Å². The molecule has 0 aromatic heterocycles. The van der Waals surface area contributed by atoms with Crippen molar-refractivity contribution in [2.75, 3.05) is 32.1 Å². The molecular formula is C13H28N2O2S. The molecule has 0 aromatic rings. The summed E-state index contributed by atoms with van der Waals surface area (Å²) in [5.74, 6) is 0.221. The fourth-order valence-electron chi connectivity index (χ4n) is 2.94. The van der Waals surface area contributed by atoms with E-state index in [1.54, 1.807) is 0 Å². The van der Waals surface area contributed by atoms with Crippen molar-refractivity contribution in [2.24, 2.45) is 0 Å². The molecule has 0 bridgehead atoms. The van der Waals surface area contributed by atoms with E-state index in [1.165, 1.54) is 31.9 Å². The van der Waals surface area contributed by atoms with Crippen LogP contribution in [0, 0.1) is 0 Å². The van der Waals surface area contributed by atoms with Crippen molar-refractivity contribution >= 4 is 9.84 Å². The Bertz CT molecular complexity index is 348. The first-order valence-corrected chi connectivity index (χ1v) is 8.97. The summed E-state index contributed by atoms with van der Waals surface area (Å²) in [6, 6.07) is 0.0303. The van der Waals surface area contributed by atoms with Gasteiger partial charge in [0.2, 0.25) is 0 Å². The van der Waals surface area contributed by atoms with Gasteiger partial charge in [0, 0.05) is 24.4 Å². The van der Waals surface area contributed by atoms with E-state index >= 15 is 0 Å². The molecule has 0 amide bonds. The van der Waals surface area contributed by atoms with Crippen molar-refractivity contribution in [3.05, 3.63) is 0 Å². The van der Waals surface area contributed by atoms with Crippen LogP contribution in [0.1, 0.15) is 39.5 Å². The number of nitrogens with one attached hydrogen (secondary N) is 1. The second kappa shape index (κ2) is 6.35. The van der Waals surface area contributed by atoms with E-state index in [-0.39, 0.29) is 17.3 Å². The molecule has 1 rings (SSSR count). The lowest BCUT2D eigenvalue weighted by molar-refractivity contribution is 0.126. The molecule has 0 radical (unpaired) electrons. The quantitative estimate of drug-likeness (QED) is 0.761.